The van der Waals surface area contributed by atoms with Crippen molar-refractivity contribution in [2.24, 2.45) is 0 Å². The maximum atomic E-state index is 13.6. The molecule has 2 aromatic carbocycles. The number of aromatic nitrogens is 1. The standard InChI is InChI=1S/C25H24N2O4S/c1-5-31-19-11-7-9-17(13-19)21-20(22(28)24-15(3)26-16(4)32-24)23(29)25(30)27(21)18-10-6-8-14(2)12-18/h6-13,21,29H,5H2,1-4H3. The number of hydrogen-bond donors (Lipinski definition) is 1. The van der Waals surface area contributed by atoms with E-state index in [-0.39, 0.29) is 11.4 Å². The largest absolute Gasteiger partial charge is 0.503 e. The average molecular weight is 449 g/mol. The Labute approximate surface area is 190 Å². The molecule has 0 bridgehead atoms. The van der Waals surface area contributed by atoms with Gasteiger partial charge in [0.2, 0.25) is 5.78 Å². The minimum Gasteiger partial charge on any atom is -0.503 e. The number of carbonyl (C=O) groups is 2. The van der Waals surface area contributed by atoms with E-state index in [0.29, 0.717) is 34.2 Å². The highest BCUT2D eigenvalue weighted by Gasteiger charge is 2.45. The number of nitrogens with zero attached hydrogens (tertiary/aromatic N) is 2. The fourth-order valence-corrected chi connectivity index (χ4v) is 4.88. The molecule has 0 aliphatic carbocycles. The molecule has 0 fully saturated rings. The van der Waals surface area contributed by atoms with Crippen LogP contribution in [0.25, 0.3) is 0 Å². The van der Waals surface area contributed by atoms with Crippen LogP contribution >= 0.6 is 11.3 Å². The molecule has 1 N–H and O–H groups in total. The number of ketones is 1. The summed E-state index contributed by atoms with van der Waals surface area (Å²) >= 11 is 1.26. The van der Waals surface area contributed by atoms with Crippen LogP contribution in [-0.2, 0) is 4.79 Å². The molecule has 1 aliphatic heterocycles. The molecule has 4 rings (SSSR count). The molecule has 0 saturated carbocycles. The van der Waals surface area contributed by atoms with E-state index in [2.05, 4.69) is 4.98 Å². The molecule has 1 aliphatic rings. The van der Waals surface area contributed by atoms with E-state index in [1.807, 2.05) is 57.2 Å². The van der Waals surface area contributed by atoms with Crippen LogP contribution < -0.4 is 9.64 Å². The minimum absolute atomic E-state index is 0.0527. The first kappa shape index (κ1) is 21.8. The van der Waals surface area contributed by atoms with Crippen LogP contribution in [0.2, 0.25) is 0 Å². The highest BCUT2D eigenvalue weighted by Crippen LogP contribution is 2.43. The fourth-order valence-electron chi connectivity index (χ4n) is 4.00. The molecule has 164 valence electrons. The number of Topliss-reactive ketones (excluding diaryl/α,β-unsaturated/α-hetero) is 1. The third-order valence-electron chi connectivity index (χ3n) is 5.33. The SMILES string of the molecule is CCOc1cccc(C2C(C(=O)c3sc(C)nc3C)=C(O)C(=O)N2c2cccc(C)c2)c1. The quantitative estimate of drug-likeness (QED) is 0.521. The summed E-state index contributed by atoms with van der Waals surface area (Å²) in [4.78, 5) is 33.1. The van der Waals surface area contributed by atoms with Crippen LogP contribution in [-0.4, -0.2) is 28.4 Å². The molecule has 0 saturated heterocycles. The van der Waals surface area contributed by atoms with E-state index in [1.165, 1.54) is 16.2 Å². The smallest absolute Gasteiger partial charge is 0.294 e. The lowest BCUT2D eigenvalue weighted by atomic mass is 9.94. The lowest BCUT2D eigenvalue weighted by Gasteiger charge is -2.27. The monoisotopic (exact) mass is 448 g/mol. The van der Waals surface area contributed by atoms with Crippen molar-refractivity contribution in [2.45, 2.75) is 33.7 Å². The number of anilines is 1. The van der Waals surface area contributed by atoms with Crippen LogP contribution in [0.1, 0.15) is 44.5 Å². The summed E-state index contributed by atoms with van der Waals surface area (Å²) in [7, 11) is 0. The van der Waals surface area contributed by atoms with Gasteiger partial charge >= 0.3 is 0 Å². The first-order valence-electron chi connectivity index (χ1n) is 10.4. The Balaban J connectivity index is 1.90. The molecule has 1 amide bonds. The summed E-state index contributed by atoms with van der Waals surface area (Å²) in [6, 6.07) is 13.9. The van der Waals surface area contributed by atoms with Crippen molar-refractivity contribution in [3.05, 3.63) is 86.6 Å². The molecule has 2 heterocycles. The molecule has 6 nitrogen and oxygen atoms in total. The van der Waals surface area contributed by atoms with E-state index in [9.17, 15) is 14.7 Å². The highest BCUT2D eigenvalue weighted by molar-refractivity contribution is 7.14. The van der Waals surface area contributed by atoms with Crippen molar-refractivity contribution >= 4 is 28.7 Å². The van der Waals surface area contributed by atoms with E-state index >= 15 is 0 Å². The van der Waals surface area contributed by atoms with Crippen molar-refractivity contribution in [3.8, 4) is 5.75 Å². The molecule has 0 spiro atoms. The van der Waals surface area contributed by atoms with Crippen LogP contribution in [0.15, 0.2) is 59.9 Å². The fraction of sp³-hybridized carbons (Fsp3) is 0.240. The first-order valence-corrected chi connectivity index (χ1v) is 11.2. The number of aliphatic hydroxyl groups is 1. The van der Waals surface area contributed by atoms with E-state index in [0.717, 1.165) is 10.6 Å². The number of thiazole rings is 1. The number of hydrogen-bond acceptors (Lipinski definition) is 6. The Hall–Kier alpha value is -3.45. The summed E-state index contributed by atoms with van der Waals surface area (Å²) in [6.45, 7) is 7.89. The molecule has 0 radical (unpaired) electrons. The second kappa shape index (κ2) is 8.59. The van der Waals surface area contributed by atoms with Gasteiger partial charge in [0.1, 0.15) is 5.75 Å². The summed E-state index contributed by atoms with van der Waals surface area (Å²) in [5.41, 5.74) is 2.88. The Morgan fingerprint density at radius 2 is 1.91 bits per heavy atom. The third kappa shape index (κ3) is 3.80. The number of amides is 1. The summed E-state index contributed by atoms with van der Waals surface area (Å²) in [5, 5.41) is 11.7. The average Bonchev–Trinajstić information content (AvgIpc) is 3.23. The Kier molecular flexibility index (Phi) is 5.84. The van der Waals surface area contributed by atoms with E-state index < -0.39 is 17.7 Å². The van der Waals surface area contributed by atoms with Gasteiger partial charge in [0.25, 0.3) is 5.91 Å². The topological polar surface area (TPSA) is 79.7 Å². The molecular formula is C25H24N2O4S. The van der Waals surface area contributed by atoms with Gasteiger partial charge in [-0.05, 0) is 63.1 Å². The van der Waals surface area contributed by atoms with Crippen molar-refractivity contribution < 1.29 is 19.4 Å². The van der Waals surface area contributed by atoms with Crippen LogP contribution in [0, 0.1) is 20.8 Å². The Morgan fingerprint density at radius 3 is 2.56 bits per heavy atom. The highest BCUT2D eigenvalue weighted by atomic mass is 32.1. The maximum Gasteiger partial charge on any atom is 0.294 e. The van der Waals surface area contributed by atoms with Gasteiger partial charge in [0, 0.05) is 5.69 Å². The summed E-state index contributed by atoms with van der Waals surface area (Å²) < 4.78 is 5.65. The normalized spacial score (nSPS) is 16.1. The zero-order chi connectivity index (χ0) is 23.0. The minimum atomic E-state index is -0.793. The number of benzene rings is 2. The number of aliphatic hydroxyl groups excluding tert-OH is 1. The van der Waals surface area contributed by atoms with Crippen LogP contribution in [0.4, 0.5) is 5.69 Å². The molecule has 3 aromatic rings. The number of aryl methyl sites for hydroxylation is 3. The molecule has 7 heteroatoms. The molecule has 1 unspecified atom stereocenters. The first-order chi connectivity index (χ1) is 15.3. The summed E-state index contributed by atoms with van der Waals surface area (Å²) in [6.07, 6.45) is 0. The number of carbonyl (C=O) groups excluding carboxylic acids is 2. The van der Waals surface area contributed by atoms with Crippen molar-refractivity contribution in [1.29, 1.82) is 0 Å². The van der Waals surface area contributed by atoms with Crippen LogP contribution in [0.5, 0.6) is 5.75 Å². The second-order valence-electron chi connectivity index (χ2n) is 7.66. The molecule has 1 atom stereocenters. The lowest BCUT2D eigenvalue weighted by molar-refractivity contribution is -0.117. The van der Waals surface area contributed by atoms with Gasteiger partial charge < -0.3 is 9.84 Å². The number of rotatable bonds is 6. The van der Waals surface area contributed by atoms with Gasteiger partial charge in [0.05, 0.1) is 33.8 Å². The van der Waals surface area contributed by atoms with Crippen molar-refractivity contribution in [1.82, 2.24) is 4.98 Å². The van der Waals surface area contributed by atoms with E-state index in [1.54, 1.807) is 19.1 Å². The van der Waals surface area contributed by atoms with Crippen molar-refractivity contribution in [2.75, 3.05) is 11.5 Å². The van der Waals surface area contributed by atoms with Crippen molar-refractivity contribution in [3.63, 3.8) is 0 Å². The second-order valence-corrected chi connectivity index (χ2v) is 8.86. The van der Waals surface area contributed by atoms with Gasteiger partial charge in [-0.1, -0.05) is 24.3 Å². The van der Waals surface area contributed by atoms with Gasteiger partial charge in [-0.25, -0.2) is 4.98 Å². The zero-order valence-corrected chi connectivity index (χ0v) is 19.2. The maximum absolute atomic E-state index is 13.6. The summed E-state index contributed by atoms with van der Waals surface area (Å²) in [5.74, 6) is -0.899. The van der Waals surface area contributed by atoms with Gasteiger partial charge in [-0.15, -0.1) is 11.3 Å². The third-order valence-corrected chi connectivity index (χ3v) is 6.40. The van der Waals surface area contributed by atoms with E-state index in [4.69, 9.17) is 4.74 Å². The predicted molar refractivity (Wildman–Crippen MR) is 125 cm³/mol. The Morgan fingerprint density at radius 1 is 1.16 bits per heavy atom. The van der Waals surface area contributed by atoms with Gasteiger partial charge in [-0.2, -0.15) is 0 Å². The van der Waals surface area contributed by atoms with Crippen LogP contribution in [0.3, 0.4) is 0 Å². The predicted octanol–water partition coefficient (Wildman–Crippen LogP) is 5.25. The zero-order valence-electron chi connectivity index (χ0n) is 18.4. The molecular weight excluding hydrogens is 424 g/mol. The van der Waals surface area contributed by atoms with Gasteiger partial charge in [-0.3, -0.25) is 14.5 Å². The number of ether oxygens (including phenoxy) is 1. The molecule has 1 aromatic heterocycles. The van der Waals surface area contributed by atoms with Gasteiger partial charge in [0.15, 0.2) is 5.76 Å². The lowest BCUT2D eigenvalue weighted by Crippen LogP contribution is -2.31. The Bertz CT molecular complexity index is 1240. The molecule has 32 heavy (non-hydrogen) atoms.